The highest BCUT2D eigenvalue weighted by Gasteiger charge is 2.23. The molecule has 132 valence electrons. The fourth-order valence-corrected chi connectivity index (χ4v) is 3.58. The molecule has 0 aliphatic carbocycles. The first-order valence-electron chi connectivity index (χ1n) is 9.11. The number of aromatic amines is 1. The van der Waals surface area contributed by atoms with Crippen molar-refractivity contribution in [3.8, 4) is 0 Å². The molecule has 1 atom stereocenters. The first-order chi connectivity index (χ1) is 12.3. The van der Waals surface area contributed by atoms with Crippen molar-refractivity contribution in [3.63, 3.8) is 0 Å². The lowest BCUT2D eigenvalue weighted by Crippen LogP contribution is -2.28. The van der Waals surface area contributed by atoms with Crippen LogP contribution in [-0.2, 0) is 24.3 Å². The smallest absolute Gasteiger partial charge is 0.134 e. The lowest BCUT2D eigenvalue weighted by atomic mass is 10.1. The van der Waals surface area contributed by atoms with Gasteiger partial charge in [0.05, 0.1) is 24.9 Å². The van der Waals surface area contributed by atoms with E-state index in [0.29, 0.717) is 6.61 Å². The van der Waals surface area contributed by atoms with Crippen molar-refractivity contribution in [1.82, 2.24) is 15.1 Å². The molecule has 0 fully saturated rings. The molecule has 0 saturated carbocycles. The molecule has 0 saturated heterocycles. The van der Waals surface area contributed by atoms with Crippen LogP contribution in [0.2, 0.25) is 0 Å². The van der Waals surface area contributed by atoms with Crippen molar-refractivity contribution in [3.05, 3.63) is 53.0 Å². The van der Waals surface area contributed by atoms with Crippen molar-refractivity contribution in [1.29, 1.82) is 0 Å². The maximum atomic E-state index is 6.09. The molecule has 0 radical (unpaired) electrons. The molecule has 2 aromatic heterocycles. The molecule has 5 nitrogen and oxygen atoms in total. The summed E-state index contributed by atoms with van der Waals surface area (Å²) in [6.07, 6.45) is 2.02. The summed E-state index contributed by atoms with van der Waals surface area (Å²) in [5.41, 5.74) is 4.52. The molecular formula is C20H25N3O2. The number of H-pyrrole nitrogens is 1. The highest BCUT2D eigenvalue weighted by Crippen LogP contribution is 2.29. The molecule has 4 rings (SSSR count). The van der Waals surface area contributed by atoms with Crippen LogP contribution in [0.25, 0.3) is 11.0 Å². The van der Waals surface area contributed by atoms with Gasteiger partial charge in [-0.15, -0.1) is 0 Å². The number of furan rings is 1. The number of hydrogen-bond acceptors (Lipinski definition) is 4. The Labute approximate surface area is 148 Å². The van der Waals surface area contributed by atoms with Crippen molar-refractivity contribution in [2.24, 2.45) is 0 Å². The normalized spacial score (nSPS) is 15.6. The summed E-state index contributed by atoms with van der Waals surface area (Å²) >= 11 is 0. The Morgan fingerprint density at radius 1 is 1.32 bits per heavy atom. The Balaban J connectivity index is 1.58. The average Bonchev–Trinajstić information content (AvgIpc) is 3.25. The van der Waals surface area contributed by atoms with Crippen LogP contribution in [0, 0.1) is 0 Å². The minimum Gasteiger partial charge on any atom is -0.459 e. The Hall–Kier alpha value is -2.11. The van der Waals surface area contributed by atoms with E-state index in [2.05, 4.69) is 41.1 Å². The average molecular weight is 339 g/mol. The van der Waals surface area contributed by atoms with Gasteiger partial charge < -0.3 is 9.15 Å². The Morgan fingerprint density at radius 2 is 2.20 bits per heavy atom. The van der Waals surface area contributed by atoms with Crippen LogP contribution in [-0.4, -0.2) is 28.2 Å². The summed E-state index contributed by atoms with van der Waals surface area (Å²) in [4.78, 5) is 2.43. The van der Waals surface area contributed by atoms with Gasteiger partial charge in [-0.3, -0.25) is 10.00 Å². The van der Waals surface area contributed by atoms with Gasteiger partial charge in [0.1, 0.15) is 11.3 Å². The second-order valence-electron chi connectivity index (χ2n) is 6.76. The van der Waals surface area contributed by atoms with E-state index in [9.17, 15) is 0 Å². The van der Waals surface area contributed by atoms with Gasteiger partial charge in [-0.1, -0.05) is 25.1 Å². The molecule has 1 aromatic carbocycles. The number of nitrogens with one attached hydrogen (secondary N) is 1. The van der Waals surface area contributed by atoms with Gasteiger partial charge in [0.25, 0.3) is 0 Å². The van der Waals surface area contributed by atoms with Crippen LogP contribution in [0.5, 0.6) is 0 Å². The predicted octanol–water partition coefficient (Wildman–Crippen LogP) is 4.20. The Bertz CT molecular complexity index is 819. The summed E-state index contributed by atoms with van der Waals surface area (Å²) < 4.78 is 11.7. The number of para-hydroxylation sites is 1. The third-order valence-corrected chi connectivity index (χ3v) is 5.05. The van der Waals surface area contributed by atoms with Crippen LogP contribution in [0.15, 0.2) is 34.7 Å². The maximum Gasteiger partial charge on any atom is 0.134 e. The van der Waals surface area contributed by atoms with Crippen molar-refractivity contribution in [2.75, 3.05) is 13.2 Å². The second kappa shape index (κ2) is 7.02. The zero-order valence-electron chi connectivity index (χ0n) is 14.9. The number of fused-ring (bicyclic) bond motifs is 2. The Morgan fingerprint density at radius 3 is 3.04 bits per heavy atom. The SMILES string of the molecule is CCCN(Cc1n[nH]c2c1COCC2)C(C)c1cc2ccccc2o1. The molecule has 3 heterocycles. The van der Waals surface area contributed by atoms with Gasteiger partial charge in [0, 0.05) is 29.6 Å². The number of benzene rings is 1. The Kier molecular flexibility index (Phi) is 4.59. The number of nitrogens with zero attached hydrogens (tertiary/aromatic N) is 2. The summed E-state index contributed by atoms with van der Waals surface area (Å²) in [5, 5.41) is 8.91. The molecule has 1 N–H and O–H groups in total. The standard InChI is InChI=1S/C20H25N3O2/c1-3-9-23(12-18-16-13-24-10-8-17(16)21-22-18)14(2)20-11-15-6-4-5-7-19(15)25-20/h4-7,11,14H,3,8-10,12-13H2,1-2H3,(H,21,22). The van der Waals surface area contributed by atoms with Crippen LogP contribution in [0.1, 0.15) is 49.0 Å². The minimum atomic E-state index is 0.198. The van der Waals surface area contributed by atoms with Gasteiger partial charge >= 0.3 is 0 Å². The molecule has 0 bridgehead atoms. The molecule has 3 aromatic rings. The van der Waals surface area contributed by atoms with Crippen LogP contribution >= 0.6 is 0 Å². The van der Waals surface area contributed by atoms with E-state index < -0.39 is 0 Å². The van der Waals surface area contributed by atoms with E-state index in [-0.39, 0.29) is 6.04 Å². The summed E-state index contributed by atoms with van der Waals surface area (Å²) in [7, 11) is 0. The monoisotopic (exact) mass is 339 g/mol. The fourth-order valence-electron chi connectivity index (χ4n) is 3.58. The quantitative estimate of drug-likeness (QED) is 0.731. The van der Waals surface area contributed by atoms with Gasteiger partial charge in [-0.05, 0) is 32.0 Å². The third-order valence-electron chi connectivity index (χ3n) is 5.05. The van der Waals surface area contributed by atoms with Crippen molar-refractivity contribution >= 4 is 11.0 Å². The highest BCUT2D eigenvalue weighted by atomic mass is 16.5. The molecule has 25 heavy (non-hydrogen) atoms. The molecule has 1 aliphatic rings. The van der Waals surface area contributed by atoms with Crippen molar-refractivity contribution in [2.45, 2.75) is 45.9 Å². The van der Waals surface area contributed by atoms with Crippen molar-refractivity contribution < 1.29 is 9.15 Å². The van der Waals surface area contributed by atoms with E-state index in [1.165, 1.54) is 11.3 Å². The first kappa shape index (κ1) is 16.4. The number of ether oxygens (including phenoxy) is 1. The van der Waals surface area contributed by atoms with Gasteiger partial charge in [0.15, 0.2) is 0 Å². The third kappa shape index (κ3) is 3.22. The van der Waals surface area contributed by atoms with E-state index in [4.69, 9.17) is 9.15 Å². The van der Waals surface area contributed by atoms with E-state index in [1.54, 1.807) is 0 Å². The van der Waals surface area contributed by atoms with E-state index in [0.717, 1.165) is 55.0 Å². The zero-order chi connectivity index (χ0) is 17.2. The molecule has 5 heteroatoms. The minimum absolute atomic E-state index is 0.198. The molecule has 0 amide bonds. The molecule has 0 spiro atoms. The van der Waals surface area contributed by atoms with E-state index >= 15 is 0 Å². The lowest BCUT2D eigenvalue weighted by Gasteiger charge is -2.27. The van der Waals surface area contributed by atoms with Crippen LogP contribution < -0.4 is 0 Å². The van der Waals surface area contributed by atoms with Crippen LogP contribution in [0.3, 0.4) is 0 Å². The molecule has 1 aliphatic heterocycles. The number of rotatable bonds is 6. The summed E-state index contributed by atoms with van der Waals surface area (Å²) in [6, 6.07) is 10.5. The predicted molar refractivity (Wildman–Crippen MR) is 97.3 cm³/mol. The van der Waals surface area contributed by atoms with Gasteiger partial charge in [0.2, 0.25) is 0 Å². The maximum absolute atomic E-state index is 6.09. The second-order valence-corrected chi connectivity index (χ2v) is 6.76. The highest BCUT2D eigenvalue weighted by molar-refractivity contribution is 5.77. The lowest BCUT2D eigenvalue weighted by molar-refractivity contribution is 0.108. The zero-order valence-corrected chi connectivity index (χ0v) is 14.9. The largest absolute Gasteiger partial charge is 0.459 e. The number of hydrogen-bond donors (Lipinski definition) is 1. The molecular weight excluding hydrogens is 314 g/mol. The number of aromatic nitrogens is 2. The topological polar surface area (TPSA) is 54.3 Å². The van der Waals surface area contributed by atoms with Crippen LogP contribution in [0.4, 0.5) is 0 Å². The fraction of sp³-hybridized carbons (Fsp3) is 0.450. The van der Waals surface area contributed by atoms with Gasteiger partial charge in [-0.25, -0.2) is 0 Å². The van der Waals surface area contributed by atoms with Gasteiger partial charge in [-0.2, -0.15) is 5.10 Å². The van der Waals surface area contributed by atoms with E-state index in [1.807, 2.05) is 18.2 Å². The summed E-state index contributed by atoms with van der Waals surface area (Å²) in [6.45, 7) is 7.68. The summed E-state index contributed by atoms with van der Waals surface area (Å²) in [5.74, 6) is 1.01. The first-order valence-corrected chi connectivity index (χ1v) is 9.11. The molecule has 1 unspecified atom stereocenters.